The summed E-state index contributed by atoms with van der Waals surface area (Å²) in [6.45, 7) is 3.22. The van der Waals surface area contributed by atoms with Crippen LogP contribution in [0.15, 0.2) is 66.9 Å². The molecule has 2 aromatic carbocycles. The molecule has 0 radical (unpaired) electrons. The summed E-state index contributed by atoms with van der Waals surface area (Å²) >= 11 is 0. The molecule has 182 valence electrons. The van der Waals surface area contributed by atoms with Gasteiger partial charge in [-0.3, -0.25) is 4.79 Å². The zero-order chi connectivity index (χ0) is 24.3. The van der Waals surface area contributed by atoms with Crippen LogP contribution in [0.1, 0.15) is 53.6 Å². The van der Waals surface area contributed by atoms with Crippen LogP contribution in [0.3, 0.4) is 0 Å². The van der Waals surface area contributed by atoms with Crippen LogP contribution in [0, 0.1) is 0 Å². The lowest BCUT2D eigenvalue weighted by Gasteiger charge is -2.27. The van der Waals surface area contributed by atoms with Crippen LogP contribution in [0.4, 0.5) is 5.82 Å². The van der Waals surface area contributed by atoms with Crippen LogP contribution in [-0.4, -0.2) is 47.9 Å². The number of carbonyl (C=O) groups excluding carboxylic acids is 2. The third-order valence-electron chi connectivity index (χ3n) is 8.55. The average molecular weight is 480 g/mol. The smallest absolute Gasteiger partial charge is 0.339 e. The Labute approximate surface area is 210 Å². The van der Waals surface area contributed by atoms with E-state index in [0.717, 1.165) is 54.0 Å². The molecule has 1 saturated carbocycles. The van der Waals surface area contributed by atoms with Gasteiger partial charge in [-0.05, 0) is 55.0 Å². The molecule has 3 aromatic rings. The third kappa shape index (κ3) is 3.27. The van der Waals surface area contributed by atoms with Gasteiger partial charge in [-0.15, -0.1) is 0 Å². The van der Waals surface area contributed by atoms with Gasteiger partial charge in [-0.1, -0.05) is 42.5 Å². The van der Waals surface area contributed by atoms with Crippen LogP contribution in [-0.2, 0) is 20.5 Å². The van der Waals surface area contributed by atoms with Crippen LogP contribution in [0.2, 0.25) is 0 Å². The van der Waals surface area contributed by atoms with Gasteiger partial charge in [0.1, 0.15) is 5.82 Å². The van der Waals surface area contributed by atoms with Crippen LogP contribution in [0.5, 0.6) is 0 Å². The summed E-state index contributed by atoms with van der Waals surface area (Å²) in [5.41, 5.74) is 3.67. The van der Waals surface area contributed by atoms with E-state index >= 15 is 0 Å². The van der Waals surface area contributed by atoms with Gasteiger partial charge in [0.25, 0.3) is 0 Å². The molecule has 36 heavy (non-hydrogen) atoms. The lowest BCUT2D eigenvalue weighted by molar-refractivity contribution is -0.134. The van der Waals surface area contributed by atoms with Crippen molar-refractivity contribution in [2.75, 3.05) is 31.1 Å². The summed E-state index contributed by atoms with van der Waals surface area (Å²) in [6.07, 6.45) is 6.79. The molecule has 1 aromatic heterocycles. The number of ether oxygens (including phenoxy) is 1. The molecule has 1 amide bonds. The molecule has 1 unspecified atom stereocenters. The van der Waals surface area contributed by atoms with E-state index in [0.29, 0.717) is 25.1 Å². The van der Waals surface area contributed by atoms with Gasteiger partial charge >= 0.3 is 5.97 Å². The molecule has 4 heterocycles. The van der Waals surface area contributed by atoms with Crippen molar-refractivity contribution >= 4 is 17.7 Å². The highest BCUT2D eigenvalue weighted by Gasteiger charge is 2.57. The zero-order valence-electron chi connectivity index (χ0n) is 20.3. The number of rotatable bonds is 4. The minimum atomic E-state index is -0.697. The maximum absolute atomic E-state index is 13.8. The van der Waals surface area contributed by atoms with Gasteiger partial charge in [0.15, 0.2) is 5.60 Å². The number of hydrogen-bond donors (Lipinski definition) is 0. The molecule has 0 bridgehead atoms. The Balaban J connectivity index is 1.08. The number of carbonyl (C=O) groups is 2. The summed E-state index contributed by atoms with van der Waals surface area (Å²) in [5.74, 6) is 0.929. The Morgan fingerprint density at radius 2 is 1.61 bits per heavy atom. The van der Waals surface area contributed by atoms with Crippen molar-refractivity contribution in [3.8, 4) is 11.1 Å². The van der Waals surface area contributed by atoms with Gasteiger partial charge < -0.3 is 14.5 Å². The summed E-state index contributed by atoms with van der Waals surface area (Å²) in [6, 6.07) is 20.2. The minimum absolute atomic E-state index is 0.157. The molecule has 0 N–H and O–H groups in total. The van der Waals surface area contributed by atoms with Crippen molar-refractivity contribution in [2.24, 2.45) is 0 Å². The molecule has 1 aliphatic carbocycles. The normalized spacial score (nSPS) is 23.7. The number of pyridine rings is 1. The first-order chi connectivity index (χ1) is 17.6. The molecule has 1 atom stereocenters. The van der Waals surface area contributed by atoms with Gasteiger partial charge in [0, 0.05) is 43.4 Å². The molecule has 7 rings (SSSR count). The number of amides is 1. The van der Waals surface area contributed by atoms with E-state index in [4.69, 9.17) is 4.74 Å². The predicted octanol–water partition coefficient (Wildman–Crippen LogP) is 4.68. The first kappa shape index (κ1) is 21.6. The number of benzene rings is 2. The summed E-state index contributed by atoms with van der Waals surface area (Å²) in [4.78, 5) is 35.1. The lowest BCUT2D eigenvalue weighted by atomic mass is 9.91. The molecule has 6 heteroatoms. The van der Waals surface area contributed by atoms with Gasteiger partial charge in [-0.25, -0.2) is 9.78 Å². The second-order valence-corrected chi connectivity index (χ2v) is 10.7. The van der Waals surface area contributed by atoms with E-state index in [2.05, 4.69) is 46.3 Å². The van der Waals surface area contributed by atoms with Gasteiger partial charge in [0.05, 0.1) is 17.5 Å². The molecule has 1 spiro atoms. The highest BCUT2D eigenvalue weighted by atomic mass is 16.6. The van der Waals surface area contributed by atoms with Crippen molar-refractivity contribution in [1.82, 2.24) is 9.88 Å². The molecule has 3 fully saturated rings. The number of nitrogens with zero attached hydrogens (tertiary/aromatic N) is 3. The average Bonchev–Trinajstić information content (AvgIpc) is 3.25. The largest absolute Gasteiger partial charge is 0.449 e. The Morgan fingerprint density at radius 1 is 0.861 bits per heavy atom. The van der Waals surface area contributed by atoms with Gasteiger partial charge in [-0.2, -0.15) is 0 Å². The van der Waals surface area contributed by atoms with Crippen LogP contribution < -0.4 is 4.90 Å². The highest BCUT2D eigenvalue weighted by molar-refractivity contribution is 5.96. The van der Waals surface area contributed by atoms with E-state index in [1.54, 1.807) is 0 Å². The Kier molecular flexibility index (Phi) is 4.75. The fourth-order valence-electron chi connectivity index (χ4n) is 6.33. The highest BCUT2D eigenvalue weighted by Crippen LogP contribution is 2.52. The molecule has 3 aliphatic heterocycles. The first-order valence-corrected chi connectivity index (χ1v) is 13.0. The SMILES string of the molecule is O=C1OC2(CCN(C(=O)C3(c4ccc(-c5ccc(N6CCCC6)nc5)cc4)CC3)C2)c2ccccc21. The monoisotopic (exact) mass is 479 g/mol. The van der Waals surface area contributed by atoms with Crippen molar-refractivity contribution in [2.45, 2.75) is 43.1 Å². The van der Waals surface area contributed by atoms with Crippen molar-refractivity contribution in [3.63, 3.8) is 0 Å². The van der Waals surface area contributed by atoms with Crippen molar-refractivity contribution in [3.05, 3.63) is 83.6 Å². The topological polar surface area (TPSA) is 62.7 Å². The Hall–Kier alpha value is -3.67. The molecular weight excluding hydrogens is 450 g/mol. The predicted molar refractivity (Wildman–Crippen MR) is 137 cm³/mol. The van der Waals surface area contributed by atoms with E-state index in [1.807, 2.05) is 35.4 Å². The maximum Gasteiger partial charge on any atom is 0.339 e. The lowest BCUT2D eigenvalue weighted by Crippen LogP contribution is -2.40. The number of anilines is 1. The van der Waals surface area contributed by atoms with Crippen LogP contribution in [0.25, 0.3) is 11.1 Å². The molecule has 6 nitrogen and oxygen atoms in total. The molecular formula is C30H29N3O3. The second kappa shape index (κ2) is 7.92. The summed E-state index contributed by atoms with van der Waals surface area (Å²) in [5, 5.41) is 0. The number of likely N-dealkylation sites (tertiary alicyclic amines) is 1. The van der Waals surface area contributed by atoms with Crippen LogP contribution >= 0.6 is 0 Å². The second-order valence-electron chi connectivity index (χ2n) is 10.7. The summed E-state index contributed by atoms with van der Waals surface area (Å²) < 4.78 is 5.86. The van der Waals surface area contributed by atoms with Crippen molar-refractivity contribution < 1.29 is 14.3 Å². The standard InChI is InChI=1S/C30H29N3O3/c34-27-24-5-1-2-6-25(24)30(36-27)15-18-33(20-30)28(35)29(13-14-29)23-10-7-21(8-11-23)22-9-12-26(31-19-22)32-16-3-4-17-32/h1-2,5-12,19H,3-4,13-18,20H2. The number of aromatic nitrogens is 1. The molecule has 4 aliphatic rings. The Morgan fingerprint density at radius 3 is 2.33 bits per heavy atom. The first-order valence-electron chi connectivity index (χ1n) is 13.0. The quantitative estimate of drug-likeness (QED) is 0.509. The zero-order valence-corrected chi connectivity index (χ0v) is 20.3. The number of fused-ring (bicyclic) bond motifs is 2. The third-order valence-corrected chi connectivity index (χ3v) is 8.55. The van der Waals surface area contributed by atoms with E-state index < -0.39 is 11.0 Å². The van der Waals surface area contributed by atoms with Gasteiger partial charge in [0.2, 0.25) is 5.91 Å². The Bertz CT molecular complexity index is 1340. The van der Waals surface area contributed by atoms with E-state index in [-0.39, 0.29) is 11.9 Å². The number of hydrogen-bond acceptors (Lipinski definition) is 5. The van der Waals surface area contributed by atoms with E-state index in [1.165, 1.54) is 12.8 Å². The minimum Gasteiger partial charge on any atom is -0.449 e. The van der Waals surface area contributed by atoms with Crippen molar-refractivity contribution in [1.29, 1.82) is 0 Å². The molecule has 2 saturated heterocycles. The fourth-order valence-corrected chi connectivity index (χ4v) is 6.33. The number of esters is 1. The maximum atomic E-state index is 13.8. The van der Waals surface area contributed by atoms with E-state index in [9.17, 15) is 9.59 Å². The fraction of sp³-hybridized carbons (Fsp3) is 0.367. The summed E-state index contributed by atoms with van der Waals surface area (Å²) in [7, 11) is 0.